The van der Waals surface area contributed by atoms with E-state index in [2.05, 4.69) is 11.9 Å². The Labute approximate surface area is 54.9 Å². The summed E-state index contributed by atoms with van der Waals surface area (Å²) in [5.41, 5.74) is 0.682. The quantitative estimate of drug-likeness (QED) is 0.539. The summed E-state index contributed by atoms with van der Waals surface area (Å²) in [5, 5.41) is 3.04. The molecule has 2 nitrogen and oxygen atoms in total. The number of hydrogen-bond acceptors (Lipinski definition) is 2. The fraction of sp³-hybridized carbons (Fsp3) is 0.571. The van der Waals surface area contributed by atoms with Crippen molar-refractivity contribution in [2.24, 2.45) is 5.92 Å². The van der Waals surface area contributed by atoms with Crippen LogP contribution in [0.2, 0.25) is 0 Å². The van der Waals surface area contributed by atoms with Crippen molar-refractivity contribution < 1.29 is 4.79 Å². The van der Waals surface area contributed by atoms with E-state index in [1.165, 1.54) is 0 Å². The van der Waals surface area contributed by atoms with Gasteiger partial charge in [-0.2, -0.15) is 0 Å². The van der Waals surface area contributed by atoms with Crippen molar-refractivity contribution in [1.82, 2.24) is 5.32 Å². The molecule has 1 saturated heterocycles. The number of carbonyl (C=O) groups is 1. The number of allylic oxidation sites excluding steroid dienone is 1. The number of Topliss-reactive ketones (excluding diaryl/α,β-unsaturated/α-hetero) is 1. The molecule has 1 fully saturated rings. The van der Waals surface area contributed by atoms with Crippen LogP contribution in [0.3, 0.4) is 0 Å². The average Bonchev–Trinajstić information content (AvgIpc) is 1.60. The third-order valence-electron chi connectivity index (χ3n) is 1.57. The molecule has 50 valence electrons. The number of hydrogen-bond donors (Lipinski definition) is 1. The molecule has 1 rings (SSSR count). The van der Waals surface area contributed by atoms with Gasteiger partial charge >= 0.3 is 0 Å². The zero-order valence-electron chi connectivity index (χ0n) is 5.61. The van der Waals surface area contributed by atoms with Crippen molar-refractivity contribution in [3.8, 4) is 0 Å². The van der Waals surface area contributed by atoms with Crippen molar-refractivity contribution >= 4 is 5.78 Å². The van der Waals surface area contributed by atoms with E-state index < -0.39 is 0 Å². The fourth-order valence-corrected chi connectivity index (χ4v) is 0.823. The third kappa shape index (κ3) is 1.19. The largest absolute Gasteiger partial charge is 0.315 e. The van der Waals surface area contributed by atoms with Gasteiger partial charge in [-0.15, -0.1) is 0 Å². The minimum absolute atomic E-state index is 0.216. The average molecular weight is 125 g/mol. The number of ketones is 1. The monoisotopic (exact) mass is 125 g/mol. The third-order valence-corrected chi connectivity index (χ3v) is 1.57. The number of rotatable bonds is 2. The van der Waals surface area contributed by atoms with Gasteiger partial charge in [0.2, 0.25) is 0 Å². The zero-order chi connectivity index (χ0) is 6.85. The lowest BCUT2D eigenvalue weighted by Crippen LogP contribution is -2.46. The highest BCUT2D eigenvalue weighted by Gasteiger charge is 2.24. The topological polar surface area (TPSA) is 29.1 Å². The predicted molar refractivity (Wildman–Crippen MR) is 36.2 cm³/mol. The number of carbonyl (C=O) groups excluding carboxylic acids is 1. The standard InChI is InChI=1S/C7H11NO/c1-5(2)7(9)6-3-8-4-6/h6,8H,1,3-4H2,2H3. The molecule has 9 heavy (non-hydrogen) atoms. The maximum atomic E-state index is 11.0. The maximum Gasteiger partial charge on any atom is 0.163 e. The highest BCUT2D eigenvalue weighted by Crippen LogP contribution is 2.08. The molecule has 1 N–H and O–H groups in total. The second-order valence-electron chi connectivity index (χ2n) is 2.50. The van der Waals surface area contributed by atoms with E-state index in [-0.39, 0.29) is 11.7 Å². The maximum absolute atomic E-state index is 11.0. The van der Waals surface area contributed by atoms with E-state index in [4.69, 9.17) is 0 Å². The molecule has 1 aliphatic heterocycles. The summed E-state index contributed by atoms with van der Waals surface area (Å²) in [5.74, 6) is 0.441. The molecule has 0 aromatic carbocycles. The van der Waals surface area contributed by atoms with Gasteiger partial charge in [0.15, 0.2) is 5.78 Å². The van der Waals surface area contributed by atoms with Crippen LogP contribution in [0.4, 0.5) is 0 Å². The van der Waals surface area contributed by atoms with Gasteiger partial charge in [-0.05, 0) is 12.5 Å². The Bertz CT molecular complexity index is 147. The molecule has 1 heterocycles. The number of nitrogens with one attached hydrogen (secondary N) is 1. The van der Waals surface area contributed by atoms with Crippen LogP contribution in [0.15, 0.2) is 12.2 Å². The van der Waals surface area contributed by atoms with Gasteiger partial charge < -0.3 is 5.32 Å². The van der Waals surface area contributed by atoms with Crippen LogP contribution in [-0.4, -0.2) is 18.9 Å². The smallest absolute Gasteiger partial charge is 0.163 e. The first kappa shape index (κ1) is 6.49. The van der Waals surface area contributed by atoms with Gasteiger partial charge in [0.05, 0.1) is 0 Å². The van der Waals surface area contributed by atoms with Crippen LogP contribution in [0.1, 0.15) is 6.92 Å². The Hall–Kier alpha value is -0.630. The van der Waals surface area contributed by atoms with Crippen molar-refractivity contribution in [1.29, 1.82) is 0 Å². The van der Waals surface area contributed by atoms with Crippen LogP contribution in [0.25, 0.3) is 0 Å². The molecule has 0 unspecified atom stereocenters. The molecule has 1 aliphatic rings. The highest BCUT2D eigenvalue weighted by atomic mass is 16.1. The molecule has 0 saturated carbocycles. The second-order valence-corrected chi connectivity index (χ2v) is 2.50. The van der Waals surface area contributed by atoms with E-state index in [0.717, 1.165) is 13.1 Å². The van der Waals surface area contributed by atoms with Gasteiger partial charge in [-0.3, -0.25) is 4.79 Å². The first-order valence-electron chi connectivity index (χ1n) is 3.12. The van der Waals surface area contributed by atoms with Crippen LogP contribution in [0, 0.1) is 5.92 Å². The van der Waals surface area contributed by atoms with Crippen LogP contribution in [-0.2, 0) is 4.79 Å². The molecule has 0 amide bonds. The fourth-order valence-electron chi connectivity index (χ4n) is 0.823. The summed E-state index contributed by atoms with van der Waals surface area (Å²) in [7, 11) is 0. The molecule has 0 aromatic heterocycles. The summed E-state index contributed by atoms with van der Waals surface area (Å²) < 4.78 is 0. The van der Waals surface area contributed by atoms with Crippen molar-refractivity contribution in [2.45, 2.75) is 6.92 Å². The lowest BCUT2D eigenvalue weighted by atomic mass is 9.94. The van der Waals surface area contributed by atoms with Gasteiger partial charge in [-0.1, -0.05) is 6.58 Å². The first-order chi connectivity index (χ1) is 4.22. The van der Waals surface area contributed by atoms with Crippen LogP contribution in [0.5, 0.6) is 0 Å². The molecule has 0 bridgehead atoms. The molecule has 0 spiro atoms. The van der Waals surface area contributed by atoms with Crippen molar-refractivity contribution in [2.75, 3.05) is 13.1 Å². The SMILES string of the molecule is C=C(C)C(=O)C1CNC1. The first-order valence-corrected chi connectivity index (χ1v) is 3.12. The molecule has 2 heteroatoms. The van der Waals surface area contributed by atoms with Crippen molar-refractivity contribution in [3.63, 3.8) is 0 Å². The molecule has 0 aromatic rings. The Morgan fingerprint density at radius 1 is 1.67 bits per heavy atom. The lowest BCUT2D eigenvalue weighted by Gasteiger charge is -2.25. The Morgan fingerprint density at radius 2 is 2.22 bits per heavy atom. The van der Waals surface area contributed by atoms with E-state index in [0.29, 0.717) is 5.57 Å². The molecule has 0 aliphatic carbocycles. The summed E-state index contributed by atoms with van der Waals surface area (Å²) in [6.07, 6.45) is 0. The summed E-state index contributed by atoms with van der Waals surface area (Å²) in [6, 6.07) is 0. The Kier molecular flexibility index (Phi) is 1.67. The van der Waals surface area contributed by atoms with E-state index in [1.54, 1.807) is 6.92 Å². The lowest BCUT2D eigenvalue weighted by molar-refractivity contribution is -0.120. The molecular formula is C7H11NO. The van der Waals surface area contributed by atoms with Gasteiger partial charge in [0.25, 0.3) is 0 Å². The van der Waals surface area contributed by atoms with Gasteiger partial charge in [-0.25, -0.2) is 0 Å². The molecule has 0 radical (unpaired) electrons. The normalized spacial score (nSPS) is 18.8. The summed E-state index contributed by atoms with van der Waals surface area (Å²) in [6.45, 7) is 7.02. The summed E-state index contributed by atoms with van der Waals surface area (Å²) in [4.78, 5) is 11.0. The second kappa shape index (κ2) is 2.31. The minimum Gasteiger partial charge on any atom is -0.315 e. The Balaban J connectivity index is 2.42. The van der Waals surface area contributed by atoms with E-state index >= 15 is 0 Å². The van der Waals surface area contributed by atoms with E-state index in [9.17, 15) is 4.79 Å². The van der Waals surface area contributed by atoms with E-state index in [1.807, 2.05) is 0 Å². The minimum atomic E-state index is 0.216. The van der Waals surface area contributed by atoms with Gasteiger partial charge in [0.1, 0.15) is 0 Å². The predicted octanol–water partition coefficient (Wildman–Crippen LogP) is 0.351. The highest BCUT2D eigenvalue weighted by molar-refractivity contribution is 5.96. The van der Waals surface area contributed by atoms with Crippen LogP contribution >= 0.6 is 0 Å². The van der Waals surface area contributed by atoms with Crippen LogP contribution < -0.4 is 5.32 Å². The van der Waals surface area contributed by atoms with Crippen molar-refractivity contribution in [3.05, 3.63) is 12.2 Å². The molecular weight excluding hydrogens is 114 g/mol. The zero-order valence-corrected chi connectivity index (χ0v) is 5.61. The Morgan fingerprint density at radius 3 is 2.33 bits per heavy atom. The molecule has 0 atom stereocenters. The summed E-state index contributed by atoms with van der Waals surface area (Å²) >= 11 is 0. The van der Waals surface area contributed by atoms with Gasteiger partial charge in [0, 0.05) is 19.0 Å².